The molecule has 1 rings (SSSR count). The molecule has 0 unspecified atom stereocenters. The zero-order valence-corrected chi connectivity index (χ0v) is 9.18. The fourth-order valence-electron chi connectivity index (χ4n) is 1.13. The lowest BCUT2D eigenvalue weighted by molar-refractivity contribution is -0.384. The molecule has 0 fully saturated rings. The Balaban J connectivity index is 2.42. The Morgan fingerprint density at radius 3 is 2.53 bits per heavy atom. The van der Waals surface area contributed by atoms with E-state index in [9.17, 15) is 14.9 Å². The molecule has 0 saturated heterocycles. The molecule has 1 aromatic rings. The molecular weight excluding hydrogens is 224 g/mol. The van der Waals surface area contributed by atoms with E-state index in [-0.39, 0.29) is 11.6 Å². The van der Waals surface area contributed by atoms with Gasteiger partial charge in [0, 0.05) is 18.6 Å². The minimum Gasteiger partial charge on any atom is -0.330 e. The molecule has 0 aliphatic heterocycles. The highest BCUT2D eigenvalue weighted by Gasteiger charge is 2.04. The smallest absolute Gasteiger partial charge is 0.269 e. The van der Waals surface area contributed by atoms with Gasteiger partial charge in [0.25, 0.3) is 5.69 Å². The second-order valence-corrected chi connectivity index (χ2v) is 3.37. The minimum absolute atomic E-state index is 0.00464. The molecule has 0 heterocycles. The van der Waals surface area contributed by atoms with Crippen molar-refractivity contribution in [2.24, 2.45) is 5.73 Å². The normalized spacial score (nSPS) is 9.71. The van der Waals surface area contributed by atoms with E-state index in [1.165, 1.54) is 24.3 Å². The molecule has 0 radical (unpaired) electrons. The van der Waals surface area contributed by atoms with Crippen LogP contribution in [0.3, 0.4) is 0 Å². The Kier molecular flexibility index (Phi) is 4.89. The highest BCUT2D eigenvalue weighted by molar-refractivity contribution is 5.77. The molecule has 0 saturated carbocycles. The van der Waals surface area contributed by atoms with Crippen LogP contribution in [0.15, 0.2) is 24.3 Å². The average Bonchev–Trinajstić information content (AvgIpc) is 2.34. The number of hydrogen-bond acceptors (Lipinski definition) is 5. The van der Waals surface area contributed by atoms with E-state index in [1.807, 2.05) is 0 Å². The average molecular weight is 238 g/mol. The van der Waals surface area contributed by atoms with Crippen LogP contribution < -0.4 is 16.6 Å². The minimum atomic E-state index is -0.483. The molecule has 0 aliphatic carbocycles. The molecule has 4 N–H and O–H groups in total. The van der Waals surface area contributed by atoms with Crippen molar-refractivity contribution in [3.8, 4) is 0 Å². The van der Waals surface area contributed by atoms with Crippen molar-refractivity contribution in [1.82, 2.24) is 5.43 Å². The molecule has 0 spiro atoms. The number of hydrogen-bond donors (Lipinski definition) is 3. The van der Waals surface area contributed by atoms with Crippen molar-refractivity contribution in [2.45, 2.75) is 12.8 Å². The predicted octanol–water partition coefficient (Wildman–Crippen LogP) is 0.777. The Labute approximate surface area is 98.1 Å². The number of anilines is 1. The molecule has 0 aromatic heterocycles. The van der Waals surface area contributed by atoms with Crippen LogP contribution in [-0.2, 0) is 4.79 Å². The second kappa shape index (κ2) is 6.44. The first-order valence-electron chi connectivity index (χ1n) is 5.13. The van der Waals surface area contributed by atoms with E-state index in [2.05, 4.69) is 10.9 Å². The Hall–Kier alpha value is -2.15. The topological polar surface area (TPSA) is 110 Å². The molecule has 17 heavy (non-hydrogen) atoms. The van der Waals surface area contributed by atoms with Crippen LogP contribution in [0.2, 0.25) is 0 Å². The number of benzene rings is 1. The van der Waals surface area contributed by atoms with E-state index in [0.29, 0.717) is 25.1 Å². The number of amides is 1. The molecule has 1 aromatic carbocycles. The number of carbonyl (C=O) groups excluding carboxylic acids is 1. The zero-order chi connectivity index (χ0) is 12.7. The van der Waals surface area contributed by atoms with Crippen LogP contribution in [0.1, 0.15) is 12.8 Å². The van der Waals surface area contributed by atoms with Gasteiger partial charge >= 0.3 is 0 Å². The lowest BCUT2D eigenvalue weighted by Crippen LogP contribution is -2.29. The molecule has 1 amide bonds. The summed E-state index contributed by atoms with van der Waals surface area (Å²) in [5.74, 6) is -0.172. The van der Waals surface area contributed by atoms with Crippen LogP contribution in [0.25, 0.3) is 0 Å². The van der Waals surface area contributed by atoms with E-state index in [1.54, 1.807) is 0 Å². The highest BCUT2D eigenvalue weighted by Crippen LogP contribution is 2.14. The lowest BCUT2D eigenvalue weighted by atomic mass is 10.3. The number of nitrogens with two attached hydrogens (primary N) is 1. The summed E-state index contributed by atoms with van der Waals surface area (Å²) in [5.41, 5.74) is 11.0. The summed E-state index contributed by atoms with van der Waals surface area (Å²) in [7, 11) is 0. The maximum atomic E-state index is 11.2. The third-order valence-corrected chi connectivity index (χ3v) is 2.03. The Morgan fingerprint density at radius 2 is 2.00 bits per heavy atom. The highest BCUT2D eigenvalue weighted by atomic mass is 16.6. The van der Waals surface area contributed by atoms with Gasteiger partial charge in [0.2, 0.25) is 5.91 Å². The number of non-ortho nitro benzene ring substituents is 1. The number of carbonyl (C=O) groups is 1. The van der Waals surface area contributed by atoms with Crippen molar-refractivity contribution >= 4 is 17.3 Å². The molecular formula is C10H14N4O3. The largest absolute Gasteiger partial charge is 0.330 e. The SMILES string of the molecule is NCCCC(=O)NNc1ccc([N+](=O)[O-])cc1. The number of nitro benzene ring substituents is 1. The second-order valence-electron chi connectivity index (χ2n) is 3.37. The molecule has 7 heteroatoms. The van der Waals surface area contributed by atoms with Gasteiger partial charge < -0.3 is 5.73 Å². The molecule has 0 atom stereocenters. The first kappa shape index (κ1) is 12.9. The number of nitro groups is 1. The van der Waals surface area contributed by atoms with Gasteiger partial charge in [-0.25, -0.2) is 0 Å². The third-order valence-electron chi connectivity index (χ3n) is 2.03. The molecule has 0 aliphatic rings. The number of nitrogens with one attached hydrogen (secondary N) is 2. The van der Waals surface area contributed by atoms with Crippen molar-refractivity contribution in [3.05, 3.63) is 34.4 Å². The summed E-state index contributed by atoms with van der Waals surface area (Å²) < 4.78 is 0. The lowest BCUT2D eigenvalue weighted by Gasteiger charge is -2.07. The van der Waals surface area contributed by atoms with Crippen LogP contribution in [0, 0.1) is 10.1 Å². The van der Waals surface area contributed by atoms with Gasteiger partial charge in [-0.2, -0.15) is 0 Å². The van der Waals surface area contributed by atoms with Gasteiger partial charge in [0.05, 0.1) is 10.6 Å². The summed E-state index contributed by atoms with van der Waals surface area (Å²) in [6, 6.07) is 5.74. The third kappa shape index (κ3) is 4.47. The quantitative estimate of drug-likeness (QED) is 0.501. The van der Waals surface area contributed by atoms with Crippen molar-refractivity contribution in [3.63, 3.8) is 0 Å². The number of rotatable bonds is 6. The van der Waals surface area contributed by atoms with Gasteiger partial charge in [-0.05, 0) is 25.1 Å². The van der Waals surface area contributed by atoms with E-state index < -0.39 is 4.92 Å². The molecule has 7 nitrogen and oxygen atoms in total. The predicted molar refractivity (Wildman–Crippen MR) is 63.2 cm³/mol. The standard InChI is InChI=1S/C10H14N4O3/c11-7-1-2-10(15)13-12-8-3-5-9(6-4-8)14(16)17/h3-6,12H,1-2,7,11H2,(H,13,15). The summed E-state index contributed by atoms with van der Waals surface area (Å²) >= 11 is 0. The zero-order valence-electron chi connectivity index (χ0n) is 9.18. The van der Waals surface area contributed by atoms with Crippen molar-refractivity contribution < 1.29 is 9.72 Å². The summed E-state index contributed by atoms with van der Waals surface area (Å²) in [6.07, 6.45) is 0.963. The van der Waals surface area contributed by atoms with Crippen LogP contribution >= 0.6 is 0 Å². The van der Waals surface area contributed by atoms with Gasteiger partial charge in [0.1, 0.15) is 0 Å². The van der Waals surface area contributed by atoms with E-state index >= 15 is 0 Å². The van der Waals surface area contributed by atoms with Crippen LogP contribution in [-0.4, -0.2) is 17.4 Å². The van der Waals surface area contributed by atoms with Gasteiger partial charge in [-0.1, -0.05) is 0 Å². The number of hydrazine groups is 1. The summed E-state index contributed by atoms with van der Waals surface area (Å²) in [4.78, 5) is 21.1. The van der Waals surface area contributed by atoms with Crippen molar-refractivity contribution in [2.75, 3.05) is 12.0 Å². The first-order chi connectivity index (χ1) is 8.13. The van der Waals surface area contributed by atoms with Gasteiger partial charge in [-0.3, -0.25) is 25.8 Å². The van der Waals surface area contributed by atoms with Gasteiger partial charge in [-0.15, -0.1) is 0 Å². The Bertz CT molecular complexity index is 391. The summed E-state index contributed by atoms with van der Waals surface area (Å²) in [6.45, 7) is 0.463. The molecule has 0 bridgehead atoms. The van der Waals surface area contributed by atoms with E-state index in [0.717, 1.165) is 0 Å². The maximum Gasteiger partial charge on any atom is 0.269 e. The monoisotopic (exact) mass is 238 g/mol. The van der Waals surface area contributed by atoms with Crippen LogP contribution in [0.5, 0.6) is 0 Å². The van der Waals surface area contributed by atoms with Crippen LogP contribution in [0.4, 0.5) is 11.4 Å². The summed E-state index contributed by atoms with van der Waals surface area (Å²) in [5, 5.41) is 10.4. The maximum absolute atomic E-state index is 11.2. The Morgan fingerprint density at radius 1 is 1.35 bits per heavy atom. The van der Waals surface area contributed by atoms with E-state index in [4.69, 9.17) is 5.73 Å². The fourth-order valence-corrected chi connectivity index (χ4v) is 1.13. The van der Waals surface area contributed by atoms with Crippen molar-refractivity contribution in [1.29, 1.82) is 0 Å². The number of nitrogens with zero attached hydrogens (tertiary/aromatic N) is 1. The molecule has 92 valence electrons. The fraction of sp³-hybridized carbons (Fsp3) is 0.300. The van der Waals surface area contributed by atoms with Gasteiger partial charge in [0.15, 0.2) is 0 Å². The first-order valence-corrected chi connectivity index (χ1v) is 5.13.